The molecule has 0 bridgehead atoms. The second-order valence-corrected chi connectivity index (χ2v) is 6.34. The van der Waals surface area contributed by atoms with Gasteiger partial charge in [0.15, 0.2) is 0 Å². The van der Waals surface area contributed by atoms with Gasteiger partial charge in [-0.3, -0.25) is 4.79 Å². The highest BCUT2D eigenvalue weighted by Crippen LogP contribution is 2.47. The molecule has 0 heterocycles. The Balaban J connectivity index is 1.66. The molecule has 2 aromatic rings. The Kier molecular flexibility index (Phi) is 4.18. The van der Waals surface area contributed by atoms with Gasteiger partial charge in [-0.2, -0.15) is 0 Å². The molecule has 4 heteroatoms. The van der Waals surface area contributed by atoms with Gasteiger partial charge in [0, 0.05) is 12.0 Å². The van der Waals surface area contributed by atoms with Gasteiger partial charge in [0.2, 0.25) is 5.91 Å². The topological polar surface area (TPSA) is 55.1 Å². The second kappa shape index (κ2) is 6.13. The van der Waals surface area contributed by atoms with Crippen LogP contribution >= 0.6 is 0 Å². The van der Waals surface area contributed by atoms with Gasteiger partial charge in [-0.15, -0.1) is 0 Å². The van der Waals surface area contributed by atoms with Gasteiger partial charge in [-0.25, -0.2) is 4.39 Å². The molecule has 1 aliphatic rings. The number of hydrogen-bond acceptors (Lipinski definition) is 2. The molecule has 1 unspecified atom stereocenters. The maximum atomic E-state index is 13.4. The molecule has 1 atom stereocenters. The van der Waals surface area contributed by atoms with Crippen LogP contribution in [0.4, 0.5) is 4.39 Å². The average Bonchev–Trinajstić information content (AvgIpc) is 3.34. The van der Waals surface area contributed by atoms with Gasteiger partial charge < -0.3 is 11.1 Å². The number of amides is 1. The van der Waals surface area contributed by atoms with Crippen molar-refractivity contribution in [1.29, 1.82) is 0 Å². The molecule has 0 aromatic heterocycles. The van der Waals surface area contributed by atoms with E-state index < -0.39 is 6.04 Å². The summed E-state index contributed by atoms with van der Waals surface area (Å²) < 4.78 is 13.4. The fourth-order valence-electron chi connectivity index (χ4n) is 2.98. The fourth-order valence-corrected chi connectivity index (χ4v) is 2.98. The summed E-state index contributed by atoms with van der Waals surface area (Å²) >= 11 is 0. The van der Waals surface area contributed by atoms with Crippen molar-refractivity contribution < 1.29 is 9.18 Å². The Morgan fingerprint density at radius 1 is 1.26 bits per heavy atom. The number of carbonyl (C=O) groups excluding carboxylic acids is 1. The highest BCUT2D eigenvalue weighted by Gasteiger charge is 2.44. The first-order chi connectivity index (χ1) is 11.0. The van der Waals surface area contributed by atoms with Crippen LogP contribution in [0.15, 0.2) is 48.5 Å². The Bertz CT molecular complexity index is 725. The van der Waals surface area contributed by atoms with Crippen molar-refractivity contribution >= 4 is 5.91 Å². The minimum Gasteiger partial charge on any atom is -0.354 e. The zero-order chi connectivity index (χ0) is 16.4. The van der Waals surface area contributed by atoms with Gasteiger partial charge in [0.05, 0.1) is 0 Å². The second-order valence-electron chi connectivity index (χ2n) is 6.34. The van der Waals surface area contributed by atoms with Crippen LogP contribution in [0.5, 0.6) is 0 Å². The number of benzene rings is 2. The Morgan fingerprint density at radius 3 is 2.65 bits per heavy atom. The minimum absolute atomic E-state index is 0.136. The summed E-state index contributed by atoms with van der Waals surface area (Å²) in [6.45, 7) is 2.44. The van der Waals surface area contributed by atoms with Crippen LogP contribution in [0.1, 0.15) is 35.6 Å². The zero-order valence-corrected chi connectivity index (χ0v) is 13.2. The van der Waals surface area contributed by atoms with E-state index in [2.05, 4.69) is 5.32 Å². The molecule has 1 fully saturated rings. The van der Waals surface area contributed by atoms with E-state index in [1.807, 2.05) is 37.3 Å². The Labute approximate surface area is 135 Å². The van der Waals surface area contributed by atoms with Gasteiger partial charge >= 0.3 is 0 Å². The van der Waals surface area contributed by atoms with E-state index in [0.717, 1.165) is 29.5 Å². The Morgan fingerprint density at radius 2 is 2.00 bits per heavy atom. The first-order valence-corrected chi connectivity index (χ1v) is 7.87. The highest BCUT2D eigenvalue weighted by atomic mass is 19.1. The molecule has 0 spiro atoms. The third kappa shape index (κ3) is 3.27. The maximum absolute atomic E-state index is 13.4. The van der Waals surface area contributed by atoms with Crippen LogP contribution in [0.25, 0.3) is 0 Å². The fraction of sp³-hybridized carbons (Fsp3) is 0.316. The summed E-state index contributed by atoms with van der Waals surface area (Å²) in [5, 5.41) is 2.94. The van der Waals surface area contributed by atoms with Crippen LogP contribution in [0, 0.1) is 12.7 Å². The number of nitrogens with one attached hydrogen (secondary N) is 1. The van der Waals surface area contributed by atoms with Gasteiger partial charge in [0.25, 0.3) is 0 Å². The normalized spacial score (nSPS) is 16.7. The molecule has 23 heavy (non-hydrogen) atoms. The number of carbonyl (C=O) groups is 1. The lowest BCUT2D eigenvalue weighted by Gasteiger charge is -2.19. The summed E-state index contributed by atoms with van der Waals surface area (Å²) in [6.07, 6.45) is 1.91. The van der Waals surface area contributed by atoms with Gasteiger partial charge in [-0.05, 0) is 48.6 Å². The average molecular weight is 312 g/mol. The number of nitrogens with two attached hydrogens (primary N) is 1. The monoisotopic (exact) mass is 312 g/mol. The standard InChI is InChI=1S/C19H21FN2O/c1-13-5-2-3-8-16(13)17(21)18(23)22-12-19(9-10-19)14-6-4-7-15(20)11-14/h2-8,11,17H,9-10,12,21H2,1H3,(H,22,23). The quantitative estimate of drug-likeness (QED) is 0.892. The third-order valence-corrected chi connectivity index (χ3v) is 4.70. The summed E-state index contributed by atoms with van der Waals surface area (Å²) in [4.78, 5) is 12.4. The molecule has 1 amide bonds. The molecule has 120 valence electrons. The van der Waals surface area contributed by atoms with Crippen LogP contribution in [0.2, 0.25) is 0 Å². The van der Waals surface area contributed by atoms with Gasteiger partial charge in [0.1, 0.15) is 11.9 Å². The molecule has 3 N–H and O–H groups in total. The molecule has 1 saturated carbocycles. The van der Waals surface area contributed by atoms with Crippen LogP contribution < -0.4 is 11.1 Å². The van der Waals surface area contributed by atoms with Crippen molar-refractivity contribution in [3.8, 4) is 0 Å². The van der Waals surface area contributed by atoms with E-state index in [4.69, 9.17) is 5.73 Å². The molecule has 3 rings (SSSR count). The third-order valence-electron chi connectivity index (χ3n) is 4.70. The highest BCUT2D eigenvalue weighted by molar-refractivity contribution is 5.83. The number of halogens is 1. The van der Waals surface area contributed by atoms with Gasteiger partial charge in [-0.1, -0.05) is 36.4 Å². The van der Waals surface area contributed by atoms with E-state index in [0.29, 0.717) is 6.54 Å². The van der Waals surface area contributed by atoms with Crippen molar-refractivity contribution in [2.45, 2.75) is 31.2 Å². The molecule has 3 nitrogen and oxygen atoms in total. The van der Waals surface area contributed by atoms with Crippen molar-refractivity contribution in [2.24, 2.45) is 5.73 Å². The molecule has 0 radical (unpaired) electrons. The number of hydrogen-bond donors (Lipinski definition) is 2. The predicted octanol–water partition coefficient (Wildman–Crippen LogP) is 2.98. The zero-order valence-electron chi connectivity index (χ0n) is 13.2. The number of rotatable bonds is 5. The number of aryl methyl sites for hydroxylation is 1. The lowest BCUT2D eigenvalue weighted by atomic mass is 9.95. The predicted molar refractivity (Wildman–Crippen MR) is 88.4 cm³/mol. The molecular weight excluding hydrogens is 291 g/mol. The Hall–Kier alpha value is -2.20. The van der Waals surface area contributed by atoms with Crippen molar-refractivity contribution in [1.82, 2.24) is 5.32 Å². The first-order valence-electron chi connectivity index (χ1n) is 7.87. The lowest BCUT2D eigenvalue weighted by molar-refractivity contribution is -0.122. The first kappa shape index (κ1) is 15.7. The maximum Gasteiger partial charge on any atom is 0.241 e. The smallest absolute Gasteiger partial charge is 0.241 e. The van der Waals surface area contributed by atoms with Crippen LogP contribution in [-0.2, 0) is 10.2 Å². The van der Waals surface area contributed by atoms with E-state index >= 15 is 0 Å². The SMILES string of the molecule is Cc1ccccc1C(N)C(=O)NCC1(c2cccc(F)c2)CC1. The summed E-state index contributed by atoms with van der Waals surface area (Å²) in [5.41, 5.74) is 8.73. The summed E-state index contributed by atoms with van der Waals surface area (Å²) in [6, 6.07) is 13.6. The summed E-state index contributed by atoms with van der Waals surface area (Å²) in [5.74, 6) is -0.432. The van der Waals surface area contributed by atoms with E-state index in [1.54, 1.807) is 12.1 Å². The molecule has 2 aromatic carbocycles. The lowest BCUT2D eigenvalue weighted by Crippen LogP contribution is -2.38. The summed E-state index contributed by atoms with van der Waals surface area (Å²) in [7, 11) is 0. The van der Waals surface area contributed by atoms with Crippen LogP contribution in [0.3, 0.4) is 0 Å². The van der Waals surface area contributed by atoms with Crippen molar-refractivity contribution in [3.05, 3.63) is 71.0 Å². The van der Waals surface area contributed by atoms with Crippen LogP contribution in [-0.4, -0.2) is 12.5 Å². The van der Waals surface area contributed by atoms with E-state index in [-0.39, 0.29) is 17.1 Å². The molecule has 0 aliphatic heterocycles. The van der Waals surface area contributed by atoms with Crippen molar-refractivity contribution in [2.75, 3.05) is 6.54 Å². The van der Waals surface area contributed by atoms with E-state index in [9.17, 15) is 9.18 Å². The largest absolute Gasteiger partial charge is 0.354 e. The van der Waals surface area contributed by atoms with E-state index in [1.165, 1.54) is 6.07 Å². The minimum atomic E-state index is -0.681. The molecule has 0 saturated heterocycles. The molecule has 1 aliphatic carbocycles. The van der Waals surface area contributed by atoms with Crippen molar-refractivity contribution in [3.63, 3.8) is 0 Å². The molecular formula is C19H21FN2O.